The second-order valence-corrected chi connectivity index (χ2v) is 5.86. The normalized spacial score (nSPS) is 31.2. The molecule has 4 atom stereocenters. The molecule has 0 aromatic heterocycles. The highest BCUT2D eigenvalue weighted by atomic mass is 16.7. The van der Waals surface area contributed by atoms with E-state index in [4.69, 9.17) is 18.9 Å². The average Bonchev–Trinajstić information content (AvgIpc) is 3.00. The summed E-state index contributed by atoms with van der Waals surface area (Å²) in [5, 5.41) is 0. The van der Waals surface area contributed by atoms with E-state index in [0.717, 1.165) is 12.8 Å². The molecule has 0 amide bonds. The topological polar surface area (TPSA) is 71.1 Å². The van der Waals surface area contributed by atoms with E-state index in [-0.39, 0.29) is 36.7 Å². The third-order valence-electron chi connectivity index (χ3n) is 3.72. The van der Waals surface area contributed by atoms with Crippen molar-refractivity contribution in [1.29, 1.82) is 0 Å². The Kier molecular flexibility index (Phi) is 5.58. The summed E-state index contributed by atoms with van der Waals surface area (Å²) in [4.78, 5) is 23.3. The van der Waals surface area contributed by atoms with Gasteiger partial charge in [0.05, 0.1) is 19.1 Å². The summed E-state index contributed by atoms with van der Waals surface area (Å²) in [7, 11) is 0. The van der Waals surface area contributed by atoms with E-state index >= 15 is 0 Å². The molecule has 0 N–H and O–H groups in total. The van der Waals surface area contributed by atoms with E-state index in [2.05, 4.69) is 0 Å². The van der Waals surface area contributed by atoms with Crippen LogP contribution < -0.4 is 0 Å². The van der Waals surface area contributed by atoms with Gasteiger partial charge in [-0.2, -0.15) is 0 Å². The largest absolute Gasteiger partial charge is 0.457 e. The van der Waals surface area contributed by atoms with Crippen molar-refractivity contribution in [3.05, 3.63) is 0 Å². The summed E-state index contributed by atoms with van der Waals surface area (Å²) in [5.74, 6) is -0.679. The standard InChI is InChI=1S/C15H24O6/c1-4-5-6-12(16)20-10-7-18-14-11(8-19-13(10)14)21-15(17)9(2)3/h9-11,13-14H,4-8H2,1-3H3. The lowest BCUT2D eigenvalue weighted by Gasteiger charge is -2.18. The third-order valence-corrected chi connectivity index (χ3v) is 3.72. The summed E-state index contributed by atoms with van der Waals surface area (Å²) in [5.41, 5.74) is 0. The van der Waals surface area contributed by atoms with Crippen molar-refractivity contribution < 1.29 is 28.5 Å². The Morgan fingerprint density at radius 3 is 2.19 bits per heavy atom. The SMILES string of the molecule is CCCCC(=O)OC1COC2C(OC(=O)C(C)C)COC12. The smallest absolute Gasteiger partial charge is 0.308 e. The Hall–Kier alpha value is -1.14. The van der Waals surface area contributed by atoms with E-state index in [1.54, 1.807) is 13.8 Å². The second kappa shape index (κ2) is 7.22. The first-order valence-corrected chi connectivity index (χ1v) is 7.66. The van der Waals surface area contributed by atoms with Crippen molar-refractivity contribution in [2.45, 2.75) is 64.4 Å². The number of rotatable bonds is 6. The zero-order valence-electron chi connectivity index (χ0n) is 12.9. The van der Waals surface area contributed by atoms with Gasteiger partial charge in [0.15, 0.2) is 12.2 Å². The number of ether oxygens (including phenoxy) is 4. The molecule has 0 spiro atoms. The van der Waals surface area contributed by atoms with Gasteiger partial charge in [0.1, 0.15) is 12.2 Å². The van der Waals surface area contributed by atoms with Crippen LogP contribution in [0.5, 0.6) is 0 Å². The van der Waals surface area contributed by atoms with Gasteiger partial charge in [-0.15, -0.1) is 0 Å². The number of fused-ring (bicyclic) bond motifs is 1. The fourth-order valence-electron chi connectivity index (χ4n) is 2.47. The summed E-state index contributed by atoms with van der Waals surface area (Å²) in [6.45, 7) is 6.17. The lowest BCUT2D eigenvalue weighted by molar-refractivity contribution is -0.158. The van der Waals surface area contributed by atoms with Crippen LogP contribution in [0, 0.1) is 5.92 Å². The third kappa shape index (κ3) is 3.95. The van der Waals surface area contributed by atoms with Gasteiger partial charge in [0.2, 0.25) is 0 Å². The fourth-order valence-corrected chi connectivity index (χ4v) is 2.47. The number of carbonyl (C=O) groups excluding carboxylic acids is 2. The first kappa shape index (κ1) is 16.2. The van der Waals surface area contributed by atoms with Crippen molar-refractivity contribution in [3.8, 4) is 0 Å². The van der Waals surface area contributed by atoms with E-state index in [0.29, 0.717) is 13.0 Å². The number of hydrogen-bond donors (Lipinski definition) is 0. The molecule has 2 aliphatic rings. The van der Waals surface area contributed by atoms with Crippen LogP contribution in [-0.2, 0) is 28.5 Å². The van der Waals surface area contributed by atoms with Gasteiger partial charge in [0, 0.05) is 6.42 Å². The van der Waals surface area contributed by atoms with Gasteiger partial charge in [-0.05, 0) is 6.42 Å². The molecule has 0 radical (unpaired) electrons. The van der Waals surface area contributed by atoms with Crippen molar-refractivity contribution in [2.75, 3.05) is 13.2 Å². The summed E-state index contributed by atoms with van der Waals surface area (Å²) < 4.78 is 22.0. The predicted molar refractivity (Wildman–Crippen MR) is 73.6 cm³/mol. The Morgan fingerprint density at radius 2 is 1.67 bits per heavy atom. The van der Waals surface area contributed by atoms with Crippen LogP contribution in [0.25, 0.3) is 0 Å². The molecule has 0 bridgehead atoms. The van der Waals surface area contributed by atoms with Gasteiger partial charge >= 0.3 is 11.9 Å². The minimum Gasteiger partial charge on any atom is -0.457 e. The van der Waals surface area contributed by atoms with Gasteiger partial charge in [-0.25, -0.2) is 0 Å². The molecule has 6 nitrogen and oxygen atoms in total. The zero-order chi connectivity index (χ0) is 15.4. The van der Waals surface area contributed by atoms with Crippen molar-refractivity contribution in [2.24, 2.45) is 5.92 Å². The first-order valence-electron chi connectivity index (χ1n) is 7.66. The highest BCUT2D eigenvalue weighted by Crippen LogP contribution is 2.31. The van der Waals surface area contributed by atoms with Crippen molar-refractivity contribution in [1.82, 2.24) is 0 Å². The first-order chi connectivity index (χ1) is 10.0. The highest BCUT2D eigenvalue weighted by Gasteiger charge is 2.51. The number of hydrogen-bond acceptors (Lipinski definition) is 6. The Morgan fingerprint density at radius 1 is 1.10 bits per heavy atom. The molecule has 6 heteroatoms. The molecule has 4 unspecified atom stereocenters. The number of unbranched alkanes of at least 4 members (excludes halogenated alkanes) is 1. The Balaban J connectivity index is 1.84. The van der Waals surface area contributed by atoms with Crippen molar-refractivity contribution >= 4 is 11.9 Å². The van der Waals surface area contributed by atoms with Crippen LogP contribution in [0.4, 0.5) is 0 Å². The summed E-state index contributed by atoms with van der Waals surface area (Å²) in [6, 6.07) is 0. The molecule has 2 aliphatic heterocycles. The van der Waals surface area contributed by atoms with Gasteiger partial charge in [-0.1, -0.05) is 27.2 Å². The molecule has 2 rings (SSSR count). The summed E-state index contributed by atoms with van der Waals surface area (Å²) in [6.07, 6.45) is 0.696. The van der Waals surface area contributed by atoms with Gasteiger partial charge < -0.3 is 18.9 Å². The molecular formula is C15H24O6. The minimum atomic E-state index is -0.413. The molecule has 120 valence electrons. The molecule has 2 saturated heterocycles. The Labute approximate surface area is 125 Å². The Bertz CT molecular complexity index is 380. The van der Waals surface area contributed by atoms with Gasteiger partial charge in [-0.3, -0.25) is 9.59 Å². The zero-order valence-corrected chi connectivity index (χ0v) is 12.9. The maximum atomic E-state index is 11.7. The molecule has 0 aromatic carbocycles. The second-order valence-electron chi connectivity index (χ2n) is 5.86. The predicted octanol–water partition coefficient (Wildman–Crippen LogP) is 1.45. The molecular weight excluding hydrogens is 276 g/mol. The lowest BCUT2D eigenvalue weighted by Crippen LogP contribution is -2.36. The minimum absolute atomic E-state index is 0.187. The molecule has 0 aromatic rings. The van der Waals surface area contributed by atoms with Crippen LogP contribution in [0.2, 0.25) is 0 Å². The molecule has 0 saturated carbocycles. The van der Waals surface area contributed by atoms with Crippen molar-refractivity contribution in [3.63, 3.8) is 0 Å². The molecule has 2 heterocycles. The highest BCUT2D eigenvalue weighted by molar-refractivity contribution is 5.71. The fraction of sp³-hybridized carbons (Fsp3) is 0.867. The van der Waals surface area contributed by atoms with Gasteiger partial charge in [0.25, 0.3) is 0 Å². The summed E-state index contributed by atoms with van der Waals surface area (Å²) >= 11 is 0. The van der Waals surface area contributed by atoms with E-state index < -0.39 is 12.2 Å². The maximum Gasteiger partial charge on any atom is 0.308 e. The average molecular weight is 300 g/mol. The van der Waals surface area contributed by atoms with Crippen LogP contribution in [0.3, 0.4) is 0 Å². The molecule has 21 heavy (non-hydrogen) atoms. The van der Waals surface area contributed by atoms with E-state index in [1.807, 2.05) is 6.92 Å². The quantitative estimate of drug-likeness (QED) is 0.692. The van der Waals surface area contributed by atoms with Crippen LogP contribution in [0.1, 0.15) is 40.0 Å². The van der Waals surface area contributed by atoms with E-state index in [9.17, 15) is 9.59 Å². The number of esters is 2. The molecule has 2 fully saturated rings. The van der Waals surface area contributed by atoms with Crippen LogP contribution in [-0.4, -0.2) is 49.6 Å². The van der Waals surface area contributed by atoms with E-state index in [1.165, 1.54) is 0 Å². The lowest BCUT2D eigenvalue weighted by atomic mass is 10.1. The molecule has 0 aliphatic carbocycles. The van der Waals surface area contributed by atoms with Crippen LogP contribution in [0.15, 0.2) is 0 Å². The maximum absolute atomic E-state index is 11.7. The monoisotopic (exact) mass is 300 g/mol. The van der Waals surface area contributed by atoms with Crippen LogP contribution >= 0.6 is 0 Å². The number of carbonyl (C=O) groups is 2.